The van der Waals surface area contributed by atoms with Gasteiger partial charge in [0.1, 0.15) is 0 Å². The zero-order chi connectivity index (χ0) is 13.9. The van der Waals surface area contributed by atoms with Crippen LogP contribution in [0.3, 0.4) is 0 Å². The van der Waals surface area contributed by atoms with Crippen LogP contribution in [0.15, 0.2) is 22.8 Å². The van der Waals surface area contributed by atoms with E-state index in [1.165, 1.54) is 0 Å². The van der Waals surface area contributed by atoms with Crippen LogP contribution in [0.5, 0.6) is 0 Å². The average Bonchev–Trinajstić information content (AvgIpc) is 2.41. The summed E-state index contributed by atoms with van der Waals surface area (Å²) in [5, 5.41) is 0. The van der Waals surface area contributed by atoms with Crippen LogP contribution in [-0.2, 0) is 16.0 Å². The molecule has 4 nitrogen and oxygen atoms in total. The van der Waals surface area contributed by atoms with Crippen LogP contribution in [0.1, 0.15) is 19.5 Å². The fourth-order valence-electron chi connectivity index (χ4n) is 1.67. The maximum Gasteiger partial charge on any atom is 0.0593 e. The van der Waals surface area contributed by atoms with Crippen molar-refractivity contribution in [3.63, 3.8) is 0 Å². The van der Waals surface area contributed by atoms with E-state index >= 15 is 0 Å². The third kappa shape index (κ3) is 7.62. The predicted octanol–water partition coefficient (Wildman–Crippen LogP) is 2.72. The van der Waals surface area contributed by atoms with E-state index in [0.29, 0.717) is 0 Å². The topological polar surface area (TPSA) is 34.6 Å². The number of hydrogen-bond acceptors (Lipinski definition) is 4. The minimum absolute atomic E-state index is 0.749. The van der Waals surface area contributed by atoms with Gasteiger partial charge in [-0.05, 0) is 41.9 Å². The molecule has 0 saturated heterocycles. The van der Waals surface area contributed by atoms with Gasteiger partial charge in [0.25, 0.3) is 0 Å². The molecule has 0 bridgehead atoms. The summed E-state index contributed by atoms with van der Waals surface area (Å²) in [7, 11) is 0. The summed E-state index contributed by atoms with van der Waals surface area (Å²) in [6.07, 6.45) is 1.83. The molecule has 1 heterocycles. The summed E-state index contributed by atoms with van der Waals surface area (Å²) in [5.74, 6) is 0. The van der Waals surface area contributed by atoms with Crippen LogP contribution in [0, 0.1) is 0 Å². The van der Waals surface area contributed by atoms with E-state index in [1.54, 1.807) is 0 Å². The van der Waals surface area contributed by atoms with E-state index in [0.717, 1.165) is 56.2 Å². The van der Waals surface area contributed by atoms with E-state index in [9.17, 15) is 0 Å². The Balaban J connectivity index is 2.44. The molecule has 0 radical (unpaired) electrons. The van der Waals surface area contributed by atoms with Gasteiger partial charge in [0.2, 0.25) is 0 Å². The quantitative estimate of drug-likeness (QED) is 0.618. The molecule has 0 aliphatic carbocycles. The van der Waals surface area contributed by atoms with Crippen LogP contribution >= 0.6 is 15.9 Å². The van der Waals surface area contributed by atoms with Crippen LogP contribution in [0.2, 0.25) is 0 Å². The maximum absolute atomic E-state index is 5.42. The first-order valence-electron chi connectivity index (χ1n) is 6.74. The number of nitrogens with zero attached hydrogens (tertiary/aromatic N) is 2. The van der Waals surface area contributed by atoms with Crippen LogP contribution < -0.4 is 0 Å². The van der Waals surface area contributed by atoms with Gasteiger partial charge in [-0.1, -0.05) is 0 Å². The van der Waals surface area contributed by atoms with E-state index in [4.69, 9.17) is 9.47 Å². The largest absolute Gasteiger partial charge is 0.380 e. The molecule has 0 atom stereocenters. The van der Waals surface area contributed by atoms with Crippen LogP contribution in [0.4, 0.5) is 0 Å². The molecular formula is C14H23BrN2O2. The minimum atomic E-state index is 0.749. The molecule has 19 heavy (non-hydrogen) atoms. The average molecular weight is 331 g/mol. The van der Waals surface area contributed by atoms with Gasteiger partial charge in [-0.15, -0.1) is 0 Å². The highest BCUT2D eigenvalue weighted by Crippen LogP contribution is 2.09. The molecule has 0 aromatic carbocycles. The molecule has 5 heteroatoms. The lowest BCUT2D eigenvalue weighted by Gasteiger charge is -2.21. The molecule has 0 amide bonds. The molecule has 0 aliphatic heterocycles. The summed E-state index contributed by atoms with van der Waals surface area (Å²) in [6.45, 7) is 9.68. The zero-order valence-corrected chi connectivity index (χ0v) is 13.4. The molecule has 0 fully saturated rings. The lowest BCUT2D eigenvalue weighted by atomic mass is 10.3. The van der Waals surface area contributed by atoms with Crippen LogP contribution in [0.25, 0.3) is 0 Å². The van der Waals surface area contributed by atoms with Crippen molar-refractivity contribution in [1.29, 1.82) is 0 Å². The van der Waals surface area contributed by atoms with E-state index in [2.05, 4.69) is 25.8 Å². The first-order chi connectivity index (χ1) is 9.26. The molecule has 0 spiro atoms. The molecule has 0 aliphatic rings. The van der Waals surface area contributed by atoms with E-state index < -0.39 is 0 Å². The number of hydrogen-bond donors (Lipinski definition) is 0. The van der Waals surface area contributed by atoms with Gasteiger partial charge >= 0.3 is 0 Å². The lowest BCUT2D eigenvalue weighted by molar-refractivity contribution is 0.0792. The predicted molar refractivity (Wildman–Crippen MR) is 80.2 cm³/mol. The Morgan fingerprint density at radius 3 is 2.21 bits per heavy atom. The van der Waals surface area contributed by atoms with Gasteiger partial charge in [-0.25, -0.2) is 0 Å². The molecule has 1 aromatic rings. The Hall–Kier alpha value is -0.490. The fraction of sp³-hybridized carbons (Fsp3) is 0.643. The summed E-state index contributed by atoms with van der Waals surface area (Å²) in [5.41, 5.74) is 1.07. The molecule has 1 aromatic heterocycles. The van der Waals surface area contributed by atoms with Crippen molar-refractivity contribution in [2.24, 2.45) is 0 Å². The monoisotopic (exact) mass is 330 g/mol. The number of pyridine rings is 1. The number of rotatable bonds is 10. The first-order valence-corrected chi connectivity index (χ1v) is 7.53. The SMILES string of the molecule is CCOCCN(CCOCC)Cc1ccc(Br)cn1. The molecule has 1 rings (SSSR count). The second-order valence-electron chi connectivity index (χ2n) is 4.14. The first kappa shape index (κ1) is 16.6. The highest BCUT2D eigenvalue weighted by Gasteiger charge is 2.07. The van der Waals surface area contributed by atoms with Crippen molar-refractivity contribution in [3.05, 3.63) is 28.5 Å². The summed E-state index contributed by atoms with van der Waals surface area (Å²) >= 11 is 3.40. The Labute approximate surface area is 124 Å². The number of ether oxygens (including phenoxy) is 2. The van der Waals surface area contributed by atoms with Gasteiger partial charge < -0.3 is 9.47 Å². The molecular weight excluding hydrogens is 308 g/mol. The Kier molecular flexibility index (Phi) is 8.99. The van der Waals surface area contributed by atoms with Crippen molar-refractivity contribution in [3.8, 4) is 0 Å². The van der Waals surface area contributed by atoms with Crippen molar-refractivity contribution in [2.75, 3.05) is 39.5 Å². The van der Waals surface area contributed by atoms with Crippen molar-refractivity contribution in [1.82, 2.24) is 9.88 Å². The van der Waals surface area contributed by atoms with Crippen LogP contribution in [-0.4, -0.2) is 49.4 Å². The van der Waals surface area contributed by atoms with E-state index in [1.807, 2.05) is 32.2 Å². The normalized spacial score (nSPS) is 11.2. The lowest BCUT2D eigenvalue weighted by Crippen LogP contribution is -2.31. The molecule has 108 valence electrons. The van der Waals surface area contributed by atoms with Gasteiger partial charge in [-0.3, -0.25) is 9.88 Å². The summed E-state index contributed by atoms with van der Waals surface area (Å²) in [6, 6.07) is 4.06. The Morgan fingerprint density at radius 1 is 1.11 bits per heavy atom. The van der Waals surface area contributed by atoms with Gasteiger partial charge in [0.05, 0.1) is 18.9 Å². The van der Waals surface area contributed by atoms with Gasteiger partial charge in [0, 0.05) is 43.5 Å². The molecule has 0 saturated carbocycles. The standard InChI is InChI=1S/C14H23BrN2O2/c1-3-18-9-7-17(8-10-19-4-2)12-14-6-5-13(15)11-16-14/h5-6,11H,3-4,7-10,12H2,1-2H3. The second kappa shape index (κ2) is 10.3. The second-order valence-corrected chi connectivity index (χ2v) is 5.05. The number of aromatic nitrogens is 1. The smallest absolute Gasteiger partial charge is 0.0593 e. The van der Waals surface area contributed by atoms with Gasteiger partial charge in [-0.2, -0.15) is 0 Å². The number of halogens is 1. The molecule has 0 N–H and O–H groups in total. The van der Waals surface area contributed by atoms with Gasteiger partial charge in [0.15, 0.2) is 0 Å². The summed E-state index contributed by atoms with van der Waals surface area (Å²) < 4.78 is 11.8. The van der Waals surface area contributed by atoms with E-state index in [-0.39, 0.29) is 0 Å². The highest BCUT2D eigenvalue weighted by atomic mass is 79.9. The van der Waals surface area contributed by atoms with Crippen molar-refractivity contribution < 1.29 is 9.47 Å². The fourth-order valence-corrected chi connectivity index (χ4v) is 1.91. The highest BCUT2D eigenvalue weighted by molar-refractivity contribution is 9.10. The minimum Gasteiger partial charge on any atom is -0.380 e. The Morgan fingerprint density at radius 2 is 1.74 bits per heavy atom. The van der Waals surface area contributed by atoms with Crippen molar-refractivity contribution >= 4 is 15.9 Å². The summed E-state index contributed by atoms with van der Waals surface area (Å²) in [4.78, 5) is 6.71. The third-order valence-corrected chi connectivity index (χ3v) is 3.16. The third-order valence-electron chi connectivity index (χ3n) is 2.69. The van der Waals surface area contributed by atoms with Crippen molar-refractivity contribution in [2.45, 2.75) is 20.4 Å². The maximum atomic E-state index is 5.42. The Bertz CT molecular complexity index is 323. The molecule has 0 unspecified atom stereocenters. The zero-order valence-electron chi connectivity index (χ0n) is 11.8.